The normalized spacial score (nSPS) is 11.3. The summed E-state index contributed by atoms with van der Waals surface area (Å²) in [5.74, 6) is -1.13. The van der Waals surface area contributed by atoms with Crippen molar-refractivity contribution >= 4 is 63.3 Å². The van der Waals surface area contributed by atoms with E-state index in [9.17, 15) is 22.8 Å². The van der Waals surface area contributed by atoms with Crippen LogP contribution in [0.1, 0.15) is 37.9 Å². The Morgan fingerprint density at radius 3 is 2.49 bits per heavy atom. The standard InChI is InChI=1S/C30H24Cl3F3N6O3/c1-41-8-7-37-28(41)30(44)38-13-15-3-5-19(31)17(27(15)33)11-26-40-22-10-18(24(45-14-25(35)36)12-23(22)42(26)2)29(43)39-16-4-6-21(34)20(32)9-16/h3-10,12,25H,11,13-14H2,1-2H3,(H,38,44)(H,39,43). The van der Waals surface area contributed by atoms with Crippen LogP contribution in [0, 0.1) is 5.82 Å². The highest BCUT2D eigenvalue weighted by Gasteiger charge is 2.22. The molecule has 0 atom stereocenters. The van der Waals surface area contributed by atoms with Crippen molar-refractivity contribution in [1.82, 2.24) is 24.4 Å². The molecule has 5 aromatic rings. The third-order valence-corrected chi connectivity index (χ3v) is 8.04. The van der Waals surface area contributed by atoms with Gasteiger partial charge in [0.1, 0.15) is 24.0 Å². The van der Waals surface area contributed by atoms with Gasteiger partial charge in [0, 0.05) is 56.2 Å². The Balaban J connectivity index is 1.45. The van der Waals surface area contributed by atoms with Crippen LogP contribution < -0.4 is 15.4 Å². The number of hydrogen-bond acceptors (Lipinski definition) is 5. The van der Waals surface area contributed by atoms with Crippen LogP contribution >= 0.6 is 34.8 Å². The molecular formula is C30H24Cl3F3N6O3. The van der Waals surface area contributed by atoms with Gasteiger partial charge in [-0.2, -0.15) is 0 Å². The summed E-state index contributed by atoms with van der Waals surface area (Å²) < 4.78 is 48.3. The minimum atomic E-state index is -2.79. The van der Waals surface area contributed by atoms with Gasteiger partial charge in [-0.15, -0.1) is 0 Å². The van der Waals surface area contributed by atoms with Crippen molar-refractivity contribution in [1.29, 1.82) is 0 Å². The van der Waals surface area contributed by atoms with Crippen molar-refractivity contribution < 1.29 is 27.5 Å². The molecule has 45 heavy (non-hydrogen) atoms. The fourth-order valence-electron chi connectivity index (χ4n) is 4.59. The number of halogens is 6. The number of hydrogen-bond donors (Lipinski definition) is 2. The molecule has 2 heterocycles. The molecule has 15 heteroatoms. The monoisotopic (exact) mass is 678 g/mol. The molecule has 0 aliphatic rings. The third-order valence-electron chi connectivity index (χ3n) is 6.93. The summed E-state index contributed by atoms with van der Waals surface area (Å²) in [6.45, 7) is -0.840. The molecule has 0 saturated carbocycles. The van der Waals surface area contributed by atoms with Gasteiger partial charge in [-0.3, -0.25) is 9.59 Å². The maximum atomic E-state index is 13.6. The smallest absolute Gasteiger partial charge is 0.287 e. The summed E-state index contributed by atoms with van der Waals surface area (Å²) in [6, 6.07) is 9.82. The Labute approximate surface area is 269 Å². The van der Waals surface area contributed by atoms with E-state index in [1.807, 2.05) is 0 Å². The molecule has 5 rings (SSSR count). The number of alkyl halides is 2. The third kappa shape index (κ3) is 7.03. The topological polar surface area (TPSA) is 103 Å². The van der Waals surface area contributed by atoms with Gasteiger partial charge in [0.25, 0.3) is 18.2 Å². The maximum Gasteiger partial charge on any atom is 0.287 e. The van der Waals surface area contributed by atoms with E-state index >= 15 is 0 Å². The van der Waals surface area contributed by atoms with E-state index in [2.05, 4.69) is 20.6 Å². The number of fused-ring (bicyclic) bond motifs is 1. The molecule has 0 fully saturated rings. The molecule has 0 unspecified atom stereocenters. The van der Waals surface area contributed by atoms with E-state index in [-0.39, 0.29) is 46.7 Å². The summed E-state index contributed by atoms with van der Waals surface area (Å²) in [5.41, 5.74) is 2.12. The highest BCUT2D eigenvalue weighted by Crippen LogP contribution is 2.33. The van der Waals surface area contributed by atoms with E-state index in [1.54, 1.807) is 41.6 Å². The molecule has 0 saturated heterocycles. The highest BCUT2D eigenvalue weighted by molar-refractivity contribution is 6.36. The number of benzene rings is 3. The van der Waals surface area contributed by atoms with Crippen molar-refractivity contribution in [2.24, 2.45) is 14.1 Å². The van der Waals surface area contributed by atoms with Crippen molar-refractivity contribution in [2.75, 3.05) is 11.9 Å². The van der Waals surface area contributed by atoms with Crippen LogP contribution in [-0.4, -0.2) is 43.9 Å². The van der Waals surface area contributed by atoms with Crippen molar-refractivity contribution in [3.63, 3.8) is 0 Å². The molecule has 0 radical (unpaired) electrons. The summed E-state index contributed by atoms with van der Waals surface area (Å²) in [4.78, 5) is 34.4. The second-order valence-corrected chi connectivity index (χ2v) is 11.1. The number of aromatic nitrogens is 4. The zero-order valence-corrected chi connectivity index (χ0v) is 25.9. The molecule has 3 aromatic carbocycles. The lowest BCUT2D eigenvalue weighted by molar-refractivity contribution is 0.0804. The van der Waals surface area contributed by atoms with E-state index in [0.29, 0.717) is 38.0 Å². The molecule has 0 aliphatic carbocycles. The van der Waals surface area contributed by atoms with Crippen molar-refractivity contribution in [2.45, 2.75) is 19.4 Å². The number of carbonyl (C=O) groups excluding carboxylic acids is 2. The number of carbonyl (C=O) groups is 2. The van der Waals surface area contributed by atoms with Gasteiger partial charge in [0.2, 0.25) is 0 Å². The zero-order valence-electron chi connectivity index (χ0n) is 23.7. The number of amides is 2. The number of anilines is 1. The number of nitrogens with zero attached hydrogens (tertiary/aromatic N) is 4. The van der Waals surface area contributed by atoms with Crippen LogP contribution in [0.15, 0.2) is 54.9 Å². The van der Waals surface area contributed by atoms with Crippen molar-refractivity contribution in [3.8, 4) is 5.75 Å². The lowest BCUT2D eigenvalue weighted by atomic mass is 10.1. The molecule has 2 aromatic heterocycles. The van der Waals surface area contributed by atoms with Crippen LogP contribution in [0.4, 0.5) is 18.9 Å². The molecule has 0 aliphatic heterocycles. The first-order valence-corrected chi connectivity index (χ1v) is 14.4. The number of imidazole rings is 2. The van der Waals surface area contributed by atoms with Crippen LogP contribution in [0.25, 0.3) is 11.0 Å². The Morgan fingerprint density at radius 2 is 1.80 bits per heavy atom. The van der Waals surface area contributed by atoms with E-state index in [4.69, 9.17) is 39.5 Å². The fourth-order valence-corrected chi connectivity index (χ4v) is 5.34. The molecule has 0 bridgehead atoms. The summed E-state index contributed by atoms with van der Waals surface area (Å²) in [5, 5.41) is 5.85. The molecule has 9 nitrogen and oxygen atoms in total. The predicted molar refractivity (Wildman–Crippen MR) is 165 cm³/mol. The molecular weight excluding hydrogens is 656 g/mol. The van der Waals surface area contributed by atoms with Gasteiger partial charge in [0.15, 0.2) is 5.82 Å². The van der Waals surface area contributed by atoms with Crippen LogP contribution in [-0.2, 0) is 27.1 Å². The largest absolute Gasteiger partial charge is 0.487 e. The first-order valence-electron chi connectivity index (χ1n) is 13.3. The number of aryl methyl sites for hydroxylation is 2. The Hall–Kier alpha value is -4.26. The quantitative estimate of drug-likeness (QED) is 0.169. The Bertz CT molecular complexity index is 1930. The fraction of sp³-hybridized carbons (Fsp3) is 0.200. The highest BCUT2D eigenvalue weighted by atomic mass is 35.5. The minimum Gasteiger partial charge on any atom is -0.487 e. The molecule has 0 spiro atoms. The van der Waals surface area contributed by atoms with E-state index in [0.717, 1.165) is 6.07 Å². The number of ether oxygens (including phenoxy) is 1. The van der Waals surface area contributed by atoms with Gasteiger partial charge < -0.3 is 24.5 Å². The number of rotatable bonds is 10. The Morgan fingerprint density at radius 1 is 1.02 bits per heavy atom. The minimum absolute atomic E-state index is 0.0743. The lowest BCUT2D eigenvalue weighted by Crippen LogP contribution is -2.26. The summed E-state index contributed by atoms with van der Waals surface area (Å²) in [6.07, 6.45) is 0.542. The van der Waals surface area contributed by atoms with Crippen LogP contribution in [0.2, 0.25) is 15.1 Å². The molecule has 234 valence electrons. The second kappa shape index (κ2) is 13.4. The Kier molecular flexibility index (Phi) is 9.56. The van der Waals surface area contributed by atoms with Crippen LogP contribution in [0.3, 0.4) is 0 Å². The van der Waals surface area contributed by atoms with Gasteiger partial charge in [-0.05, 0) is 41.5 Å². The number of nitrogens with one attached hydrogen (secondary N) is 2. The SMILES string of the molecule is Cn1ccnc1C(=O)NCc1ccc(Cl)c(Cc2nc3cc(C(=O)Nc4ccc(F)c(Cl)c4)c(OCC(F)F)cc3n2C)c1Cl. The zero-order chi connectivity index (χ0) is 32.4. The maximum absolute atomic E-state index is 13.6. The molecule has 2 amide bonds. The van der Waals surface area contributed by atoms with Crippen molar-refractivity contribution in [3.05, 3.63) is 104 Å². The second-order valence-electron chi connectivity index (χ2n) is 9.93. The van der Waals surface area contributed by atoms with E-state index < -0.39 is 24.8 Å². The average molecular weight is 680 g/mol. The predicted octanol–water partition coefficient (Wildman–Crippen LogP) is 6.82. The lowest BCUT2D eigenvalue weighted by Gasteiger charge is -2.13. The van der Waals surface area contributed by atoms with Gasteiger partial charge in [-0.25, -0.2) is 23.1 Å². The van der Waals surface area contributed by atoms with Crippen LogP contribution in [0.5, 0.6) is 5.75 Å². The van der Waals surface area contributed by atoms with E-state index in [1.165, 1.54) is 30.5 Å². The molecule has 2 N–H and O–H groups in total. The summed E-state index contributed by atoms with van der Waals surface area (Å²) >= 11 is 19.1. The van der Waals surface area contributed by atoms with Gasteiger partial charge >= 0.3 is 0 Å². The average Bonchev–Trinajstić information content (AvgIpc) is 3.56. The van der Waals surface area contributed by atoms with Gasteiger partial charge in [-0.1, -0.05) is 40.9 Å². The summed E-state index contributed by atoms with van der Waals surface area (Å²) in [7, 11) is 3.41. The first-order chi connectivity index (χ1) is 21.4. The van der Waals surface area contributed by atoms with Gasteiger partial charge in [0.05, 0.1) is 26.6 Å². The first kappa shape index (κ1) is 32.1.